The average molecular weight is 369 g/mol. The van der Waals surface area contributed by atoms with Crippen molar-refractivity contribution < 1.29 is 9.18 Å². The zero-order valence-electron chi connectivity index (χ0n) is 14.2. The zero-order chi connectivity index (χ0) is 17.7. The molecule has 0 saturated carbocycles. The van der Waals surface area contributed by atoms with E-state index in [1.807, 2.05) is 0 Å². The largest absolute Gasteiger partial charge is 0.355 e. The zero-order valence-corrected chi connectivity index (χ0v) is 15.8. The van der Waals surface area contributed by atoms with Gasteiger partial charge >= 0.3 is 0 Å². The van der Waals surface area contributed by atoms with E-state index in [1.165, 1.54) is 35.2 Å². The Morgan fingerprint density at radius 3 is 2.58 bits per heavy atom. The second-order valence-electron chi connectivity index (χ2n) is 6.41. The van der Waals surface area contributed by atoms with Gasteiger partial charge in [-0.1, -0.05) is 35.2 Å². The van der Waals surface area contributed by atoms with Gasteiger partial charge in [0.05, 0.1) is 5.75 Å². The van der Waals surface area contributed by atoms with Crippen LogP contribution in [0.15, 0.2) is 28.6 Å². The summed E-state index contributed by atoms with van der Waals surface area (Å²) in [7, 11) is 1.74. The molecule has 0 radical (unpaired) electrons. The van der Waals surface area contributed by atoms with Crippen LogP contribution in [0.5, 0.6) is 0 Å². The van der Waals surface area contributed by atoms with Crippen molar-refractivity contribution in [3.63, 3.8) is 0 Å². The molecule has 0 aliphatic heterocycles. The van der Waals surface area contributed by atoms with Gasteiger partial charge in [0.2, 0.25) is 11.0 Å². The first-order chi connectivity index (χ1) is 11.2. The monoisotopic (exact) mass is 368 g/mol. The molecule has 1 heterocycles. The smallest absolute Gasteiger partial charge is 0.233 e. The SMILES string of the molecule is CN(Cc1ccc(F)cc1)C(=O)CSc1nnc(NC(C)(C)C)s1. The highest BCUT2D eigenvalue weighted by atomic mass is 32.2. The van der Waals surface area contributed by atoms with Crippen molar-refractivity contribution >= 4 is 34.1 Å². The van der Waals surface area contributed by atoms with E-state index in [4.69, 9.17) is 0 Å². The number of nitrogens with zero attached hydrogens (tertiary/aromatic N) is 3. The van der Waals surface area contributed by atoms with Gasteiger partial charge in [-0.25, -0.2) is 4.39 Å². The normalized spacial score (nSPS) is 11.4. The van der Waals surface area contributed by atoms with Crippen molar-refractivity contribution in [1.82, 2.24) is 15.1 Å². The first kappa shape index (κ1) is 18.7. The molecule has 0 unspecified atom stereocenters. The minimum Gasteiger partial charge on any atom is -0.355 e. The van der Waals surface area contributed by atoms with E-state index in [0.717, 1.165) is 15.0 Å². The number of carbonyl (C=O) groups excluding carboxylic acids is 1. The van der Waals surface area contributed by atoms with Gasteiger partial charge in [0.15, 0.2) is 4.34 Å². The van der Waals surface area contributed by atoms with Crippen LogP contribution in [-0.2, 0) is 11.3 Å². The molecule has 0 aliphatic rings. The van der Waals surface area contributed by atoms with Gasteiger partial charge < -0.3 is 10.2 Å². The summed E-state index contributed by atoms with van der Waals surface area (Å²) >= 11 is 2.81. The van der Waals surface area contributed by atoms with Crippen molar-refractivity contribution in [2.45, 2.75) is 37.2 Å². The van der Waals surface area contributed by atoms with Crippen LogP contribution in [0.3, 0.4) is 0 Å². The van der Waals surface area contributed by atoms with Crippen LogP contribution in [0.2, 0.25) is 0 Å². The first-order valence-corrected chi connectivity index (χ1v) is 9.26. The van der Waals surface area contributed by atoms with Crippen molar-refractivity contribution in [3.8, 4) is 0 Å². The number of amides is 1. The van der Waals surface area contributed by atoms with Crippen LogP contribution in [-0.4, -0.2) is 39.3 Å². The molecule has 1 N–H and O–H groups in total. The predicted molar refractivity (Wildman–Crippen MR) is 96.9 cm³/mol. The molecule has 2 aromatic rings. The quantitative estimate of drug-likeness (QED) is 0.789. The predicted octanol–water partition coefficient (Wildman–Crippen LogP) is 3.64. The number of nitrogens with one attached hydrogen (secondary N) is 1. The van der Waals surface area contributed by atoms with Crippen molar-refractivity contribution in [2.75, 3.05) is 18.1 Å². The molecule has 1 aromatic carbocycles. The van der Waals surface area contributed by atoms with E-state index in [2.05, 4.69) is 36.3 Å². The number of aromatic nitrogens is 2. The highest BCUT2D eigenvalue weighted by Gasteiger charge is 2.15. The molecule has 0 spiro atoms. The van der Waals surface area contributed by atoms with Crippen LogP contribution in [0.1, 0.15) is 26.3 Å². The van der Waals surface area contributed by atoms with E-state index in [0.29, 0.717) is 12.3 Å². The lowest BCUT2D eigenvalue weighted by molar-refractivity contribution is -0.127. The summed E-state index contributed by atoms with van der Waals surface area (Å²) in [5, 5.41) is 12.2. The highest BCUT2D eigenvalue weighted by Crippen LogP contribution is 2.27. The average Bonchev–Trinajstić information content (AvgIpc) is 2.92. The standard InChI is InChI=1S/C16H21FN4OS2/c1-16(2,3)18-14-19-20-15(24-14)23-10-13(22)21(4)9-11-5-7-12(17)8-6-11/h5-8H,9-10H2,1-4H3,(H,18,19). The van der Waals surface area contributed by atoms with E-state index in [-0.39, 0.29) is 17.3 Å². The lowest BCUT2D eigenvalue weighted by atomic mass is 10.1. The summed E-state index contributed by atoms with van der Waals surface area (Å²) in [6, 6.07) is 6.16. The highest BCUT2D eigenvalue weighted by molar-refractivity contribution is 8.01. The molecule has 1 aromatic heterocycles. The fourth-order valence-electron chi connectivity index (χ4n) is 1.82. The summed E-state index contributed by atoms with van der Waals surface area (Å²) < 4.78 is 13.7. The fraction of sp³-hybridized carbons (Fsp3) is 0.438. The van der Waals surface area contributed by atoms with Crippen molar-refractivity contribution in [3.05, 3.63) is 35.6 Å². The Kier molecular flexibility index (Phi) is 6.17. The molecule has 0 bridgehead atoms. The molecule has 8 heteroatoms. The molecular weight excluding hydrogens is 347 g/mol. The maximum Gasteiger partial charge on any atom is 0.233 e. The number of thioether (sulfide) groups is 1. The Bertz CT molecular complexity index is 682. The van der Waals surface area contributed by atoms with E-state index in [1.54, 1.807) is 24.1 Å². The molecule has 0 saturated heterocycles. The number of benzene rings is 1. The minimum absolute atomic E-state index is 0.00939. The Morgan fingerprint density at radius 1 is 1.29 bits per heavy atom. The Labute approximate surface area is 149 Å². The van der Waals surface area contributed by atoms with Gasteiger partial charge in [-0.3, -0.25) is 4.79 Å². The van der Waals surface area contributed by atoms with E-state index < -0.39 is 0 Å². The minimum atomic E-state index is -0.278. The second kappa shape index (κ2) is 7.94. The van der Waals surface area contributed by atoms with Gasteiger partial charge in [0, 0.05) is 19.1 Å². The summed E-state index contributed by atoms with van der Waals surface area (Å²) in [6.07, 6.45) is 0. The molecule has 0 fully saturated rings. The first-order valence-electron chi connectivity index (χ1n) is 7.46. The van der Waals surface area contributed by atoms with Gasteiger partial charge in [-0.05, 0) is 38.5 Å². The van der Waals surface area contributed by atoms with Crippen LogP contribution < -0.4 is 5.32 Å². The summed E-state index contributed by atoms with van der Waals surface area (Å²) in [5.41, 5.74) is 0.817. The fourth-order valence-corrected chi connectivity index (χ4v) is 3.73. The van der Waals surface area contributed by atoms with Crippen molar-refractivity contribution in [2.24, 2.45) is 0 Å². The third-order valence-corrected chi connectivity index (χ3v) is 4.92. The molecule has 5 nitrogen and oxygen atoms in total. The van der Waals surface area contributed by atoms with Gasteiger partial charge in [-0.2, -0.15) is 0 Å². The molecule has 24 heavy (non-hydrogen) atoms. The lowest BCUT2D eigenvalue weighted by Crippen LogP contribution is -2.27. The summed E-state index contributed by atoms with van der Waals surface area (Å²) in [6.45, 7) is 6.60. The second-order valence-corrected chi connectivity index (χ2v) is 8.61. The third-order valence-electron chi connectivity index (χ3n) is 2.97. The Hall–Kier alpha value is -1.67. The van der Waals surface area contributed by atoms with Gasteiger partial charge in [0.1, 0.15) is 5.82 Å². The van der Waals surface area contributed by atoms with Gasteiger partial charge in [-0.15, -0.1) is 10.2 Å². The molecule has 130 valence electrons. The number of rotatable bonds is 6. The maximum absolute atomic E-state index is 12.9. The van der Waals surface area contributed by atoms with Gasteiger partial charge in [0.25, 0.3) is 0 Å². The number of halogens is 1. The van der Waals surface area contributed by atoms with E-state index in [9.17, 15) is 9.18 Å². The van der Waals surface area contributed by atoms with Crippen LogP contribution in [0.4, 0.5) is 9.52 Å². The molecular formula is C16H21FN4OS2. The van der Waals surface area contributed by atoms with E-state index >= 15 is 0 Å². The molecule has 1 amide bonds. The topological polar surface area (TPSA) is 58.1 Å². The molecule has 0 atom stereocenters. The summed E-state index contributed by atoms with van der Waals surface area (Å²) in [4.78, 5) is 13.8. The number of carbonyl (C=O) groups is 1. The lowest BCUT2D eigenvalue weighted by Gasteiger charge is -2.18. The Balaban J connectivity index is 1.83. The van der Waals surface area contributed by atoms with Crippen LogP contribution in [0, 0.1) is 5.82 Å². The maximum atomic E-state index is 12.9. The third kappa shape index (κ3) is 6.09. The number of hydrogen-bond donors (Lipinski definition) is 1. The van der Waals surface area contributed by atoms with Crippen molar-refractivity contribution in [1.29, 1.82) is 0 Å². The molecule has 0 aliphatic carbocycles. The number of anilines is 1. The summed E-state index contributed by atoms with van der Waals surface area (Å²) in [5.74, 6) is 0.00561. The molecule has 2 rings (SSSR count). The van der Waals surface area contributed by atoms with Crippen LogP contribution in [0.25, 0.3) is 0 Å². The van der Waals surface area contributed by atoms with Crippen LogP contribution >= 0.6 is 23.1 Å². The number of hydrogen-bond acceptors (Lipinski definition) is 6. The Morgan fingerprint density at radius 2 is 1.96 bits per heavy atom.